The highest BCUT2D eigenvalue weighted by molar-refractivity contribution is 6.81. The minimum atomic E-state index is -1.76. The highest BCUT2D eigenvalue weighted by Crippen LogP contribution is 2.26. The standard InChI is InChI=1S/C20H54O5Si6/c1-11-26(22-28(13-3)24-30(15-5,16-6)17-7)21-27(12-2)23-29(14-4)25-31(18-8,19-9)20-10/h26-29H,11-20H2,1-10H3. The fraction of sp³-hybridized carbons (Fsp3) is 1.00. The second-order valence-corrected chi connectivity index (χ2v) is 29.3. The summed E-state index contributed by atoms with van der Waals surface area (Å²) < 4.78 is 33.4. The minimum absolute atomic E-state index is 0.982. The third-order valence-electron chi connectivity index (χ3n) is 6.87. The van der Waals surface area contributed by atoms with E-state index >= 15 is 0 Å². The molecule has 0 radical (unpaired) electrons. The molecular weight excluding hydrogens is 489 g/mol. The molecule has 0 heterocycles. The first-order valence-corrected chi connectivity index (χ1v) is 25.2. The molecule has 11 heteroatoms. The highest BCUT2D eigenvalue weighted by atomic mass is 28.5. The maximum Gasteiger partial charge on any atom is 0.303 e. The van der Waals surface area contributed by atoms with Crippen LogP contribution in [0, 0.1) is 0 Å². The summed E-state index contributed by atoms with van der Waals surface area (Å²) in [6.45, 7) is 22.6. The van der Waals surface area contributed by atoms with Gasteiger partial charge in [-0.3, -0.25) is 0 Å². The molecular formula is C20H54O5Si6. The summed E-state index contributed by atoms with van der Waals surface area (Å²) in [5.41, 5.74) is 0. The SMILES string of the molecule is CC[SiH](O[SiH](CC)O[SiH](CC)O[Si](CC)(CC)CC)O[SiH](CC)O[Si](CC)(CC)CC. The normalized spacial score (nSPS) is 16.8. The van der Waals surface area contributed by atoms with E-state index in [0.717, 1.165) is 24.2 Å². The zero-order chi connectivity index (χ0) is 23.9. The van der Waals surface area contributed by atoms with Gasteiger partial charge < -0.3 is 20.6 Å². The predicted molar refractivity (Wildman–Crippen MR) is 150 cm³/mol. The first-order chi connectivity index (χ1) is 14.8. The number of hydrogen-bond acceptors (Lipinski definition) is 5. The van der Waals surface area contributed by atoms with Crippen LogP contribution in [0.1, 0.15) is 69.2 Å². The van der Waals surface area contributed by atoms with Crippen molar-refractivity contribution in [1.82, 2.24) is 0 Å². The van der Waals surface area contributed by atoms with Crippen LogP contribution < -0.4 is 0 Å². The van der Waals surface area contributed by atoms with Crippen LogP contribution in [0.25, 0.3) is 0 Å². The smallest absolute Gasteiger partial charge is 0.303 e. The number of rotatable bonds is 20. The summed E-state index contributed by atoms with van der Waals surface area (Å²) in [6, 6.07) is 11.1. The van der Waals surface area contributed by atoms with Gasteiger partial charge in [0.1, 0.15) is 0 Å². The van der Waals surface area contributed by atoms with Gasteiger partial charge in [-0.15, -0.1) is 0 Å². The zero-order valence-corrected chi connectivity index (χ0v) is 29.0. The first-order valence-electron chi connectivity index (χ1n) is 13.1. The van der Waals surface area contributed by atoms with E-state index in [4.69, 9.17) is 20.6 Å². The molecule has 31 heavy (non-hydrogen) atoms. The van der Waals surface area contributed by atoms with Gasteiger partial charge in [0.2, 0.25) is 0 Å². The molecule has 0 aliphatic carbocycles. The fourth-order valence-corrected chi connectivity index (χ4v) is 28.5. The third kappa shape index (κ3) is 10.9. The Labute approximate surface area is 203 Å². The van der Waals surface area contributed by atoms with Gasteiger partial charge in [0, 0.05) is 0 Å². The lowest BCUT2D eigenvalue weighted by atomic mass is 10.9. The van der Waals surface area contributed by atoms with Gasteiger partial charge in [0.15, 0.2) is 16.6 Å². The van der Waals surface area contributed by atoms with Crippen LogP contribution in [0.5, 0.6) is 0 Å². The van der Waals surface area contributed by atoms with E-state index in [1.807, 2.05) is 0 Å². The van der Waals surface area contributed by atoms with E-state index in [1.165, 1.54) is 36.3 Å². The molecule has 0 aromatic rings. The maximum atomic E-state index is 6.77. The van der Waals surface area contributed by atoms with Crippen molar-refractivity contribution < 1.29 is 20.6 Å². The molecule has 0 aliphatic rings. The van der Waals surface area contributed by atoms with Gasteiger partial charge in [0.25, 0.3) is 0 Å². The average molecular weight is 543 g/mol. The van der Waals surface area contributed by atoms with Crippen LogP contribution in [0.15, 0.2) is 0 Å². The maximum absolute atomic E-state index is 6.77. The molecule has 0 bridgehead atoms. The predicted octanol–water partition coefficient (Wildman–Crippen LogP) is 6.04. The summed E-state index contributed by atoms with van der Waals surface area (Å²) in [5.74, 6) is 0. The molecule has 0 aromatic carbocycles. The van der Waals surface area contributed by atoms with Crippen molar-refractivity contribution in [2.75, 3.05) is 0 Å². The van der Waals surface area contributed by atoms with Crippen LogP contribution >= 0.6 is 0 Å². The van der Waals surface area contributed by atoms with Crippen molar-refractivity contribution in [2.45, 2.75) is 130 Å². The van der Waals surface area contributed by atoms with Crippen LogP contribution in [-0.4, -0.2) is 53.8 Å². The Kier molecular flexibility index (Phi) is 18.1. The molecule has 0 saturated heterocycles. The first kappa shape index (κ1) is 32.1. The molecule has 0 aliphatic heterocycles. The summed E-state index contributed by atoms with van der Waals surface area (Å²) in [4.78, 5) is 0. The molecule has 5 nitrogen and oxygen atoms in total. The second kappa shape index (κ2) is 17.5. The van der Waals surface area contributed by atoms with E-state index in [1.54, 1.807) is 0 Å². The molecule has 0 saturated carbocycles. The van der Waals surface area contributed by atoms with Crippen LogP contribution in [-0.2, 0) is 20.6 Å². The topological polar surface area (TPSA) is 46.2 Å². The van der Waals surface area contributed by atoms with Gasteiger partial charge in [0.05, 0.1) is 0 Å². The Morgan fingerprint density at radius 1 is 0.387 bits per heavy atom. The largest absolute Gasteiger partial charge is 0.438 e. The summed E-state index contributed by atoms with van der Waals surface area (Å²) in [5, 5.41) is 0. The average Bonchev–Trinajstić information content (AvgIpc) is 2.83. The Balaban J connectivity index is 5.10. The highest BCUT2D eigenvalue weighted by Gasteiger charge is 2.36. The molecule has 0 amide bonds. The zero-order valence-electron chi connectivity index (χ0n) is 22.4. The van der Waals surface area contributed by atoms with Crippen molar-refractivity contribution in [1.29, 1.82) is 0 Å². The van der Waals surface area contributed by atoms with Gasteiger partial charge in [-0.25, -0.2) is 0 Å². The Morgan fingerprint density at radius 2 is 0.613 bits per heavy atom. The molecule has 0 aromatic heterocycles. The van der Waals surface area contributed by atoms with Gasteiger partial charge in [-0.1, -0.05) is 69.2 Å². The van der Waals surface area contributed by atoms with E-state index in [0.29, 0.717) is 0 Å². The summed E-state index contributed by atoms with van der Waals surface area (Å²) in [6.07, 6.45) is 0. The quantitative estimate of drug-likeness (QED) is 0.175. The Bertz CT molecular complexity index is 386. The van der Waals surface area contributed by atoms with Crippen LogP contribution in [0.2, 0.25) is 60.4 Å². The second-order valence-electron chi connectivity index (χ2n) is 8.48. The molecule has 188 valence electrons. The van der Waals surface area contributed by atoms with Crippen molar-refractivity contribution in [3.8, 4) is 0 Å². The third-order valence-corrected chi connectivity index (χ3v) is 30.7. The van der Waals surface area contributed by atoms with Crippen molar-refractivity contribution in [3.63, 3.8) is 0 Å². The Hall–Kier alpha value is 1.10. The number of hydrogen-bond donors (Lipinski definition) is 0. The van der Waals surface area contributed by atoms with E-state index in [9.17, 15) is 0 Å². The Morgan fingerprint density at radius 3 is 0.806 bits per heavy atom. The molecule has 0 spiro atoms. The van der Waals surface area contributed by atoms with E-state index in [2.05, 4.69) is 69.2 Å². The van der Waals surface area contributed by atoms with Gasteiger partial charge >= 0.3 is 37.1 Å². The molecule has 0 fully saturated rings. The van der Waals surface area contributed by atoms with E-state index in [-0.39, 0.29) is 0 Å². The van der Waals surface area contributed by atoms with Crippen molar-refractivity contribution in [2.24, 2.45) is 0 Å². The molecule has 4 unspecified atom stereocenters. The lowest BCUT2D eigenvalue weighted by Gasteiger charge is -2.36. The lowest BCUT2D eigenvalue weighted by molar-refractivity contribution is 0.318. The lowest BCUT2D eigenvalue weighted by Crippen LogP contribution is -2.48. The van der Waals surface area contributed by atoms with Gasteiger partial charge in [-0.2, -0.15) is 0 Å². The van der Waals surface area contributed by atoms with Crippen LogP contribution in [0.3, 0.4) is 0 Å². The monoisotopic (exact) mass is 542 g/mol. The van der Waals surface area contributed by atoms with E-state index < -0.39 is 53.8 Å². The molecule has 0 rings (SSSR count). The minimum Gasteiger partial charge on any atom is -0.438 e. The summed E-state index contributed by atoms with van der Waals surface area (Å²) >= 11 is 0. The van der Waals surface area contributed by atoms with Crippen molar-refractivity contribution >= 4 is 53.8 Å². The van der Waals surface area contributed by atoms with Crippen LogP contribution in [0.4, 0.5) is 0 Å². The molecule has 0 N–H and O–H groups in total. The summed E-state index contributed by atoms with van der Waals surface area (Å²) in [7, 11) is -10.1. The van der Waals surface area contributed by atoms with Crippen molar-refractivity contribution in [3.05, 3.63) is 0 Å². The molecule has 4 atom stereocenters. The van der Waals surface area contributed by atoms with Gasteiger partial charge in [-0.05, 0) is 60.4 Å². The fourth-order valence-electron chi connectivity index (χ4n) is 3.93.